The second-order valence-corrected chi connectivity index (χ2v) is 4.49. The molecule has 1 aliphatic rings. The van der Waals surface area contributed by atoms with Gasteiger partial charge in [-0.2, -0.15) is 0 Å². The van der Waals surface area contributed by atoms with Crippen molar-refractivity contribution in [3.8, 4) is 5.75 Å². The van der Waals surface area contributed by atoms with E-state index in [0.717, 1.165) is 0 Å². The Labute approximate surface area is 109 Å². The van der Waals surface area contributed by atoms with Crippen molar-refractivity contribution in [1.82, 2.24) is 0 Å². The number of amides is 1. The fraction of sp³-hybridized carbons (Fsp3) is 0.333. The number of hydrogen-bond donors (Lipinski definition) is 2. The number of nitrogens with one attached hydrogen (secondary N) is 1. The maximum Gasteiger partial charge on any atom is 0.303 e. The van der Waals surface area contributed by atoms with E-state index in [2.05, 4.69) is 5.32 Å². The lowest BCUT2D eigenvalue weighted by atomic mass is 9.87. The number of benzene rings is 1. The molecule has 5 nitrogen and oxygen atoms in total. The first-order valence-corrected chi connectivity index (χ1v) is 5.78. The smallest absolute Gasteiger partial charge is 0.303 e. The third kappa shape index (κ3) is 2.26. The van der Waals surface area contributed by atoms with Gasteiger partial charge in [0.25, 0.3) is 0 Å². The van der Waals surface area contributed by atoms with Gasteiger partial charge in [0.2, 0.25) is 5.91 Å². The fourth-order valence-electron chi connectivity index (χ4n) is 2.19. The summed E-state index contributed by atoms with van der Waals surface area (Å²) < 4.78 is 5.21. The topological polar surface area (TPSA) is 75.6 Å². The van der Waals surface area contributed by atoms with Crippen molar-refractivity contribution in [2.45, 2.75) is 18.8 Å². The van der Waals surface area contributed by atoms with Gasteiger partial charge in [-0.05, 0) is 12.1 Å². The highest BCUT2D eigenvalue weighted by molar-refractivity contribution is 6.34. The summed E-state index contributed by atoms with van der Waals surface area (Å²) in [5, 5.41) is 12.0. The van der Waals surface area contributed by atoms with E-state index in [1.807, 2.05) is 0 Å². The molecule has 0 spiro atoms. The molecule has 2 rings (SSSR count). The van der Waals surface area contributed by atoms with Crippen molar-refractivity contribution >= 4 is 29.2 Å². The van der Waals surface area contributed by atoms with Crippen molar-refractivity contribution in [3.63, 3.8) is 0 Å². The predicted octanol–water partition coefficient (Wildman–Crippen LogP) is 2.25. The van der Waals surface area contributed by atoms with E-state index in [0.29, 0.717) is 22.0 Å². The van der Waals surface area contributed by atoms with Crippen LogP contribution in [-0.2, 0) is 9.59 Å². The van der Waals surface area contributed by atoms with Crippen molar-refractivity contribution in [1.29, 1.82) is 0 Å². The second-order valence-electron chi connectivity index (χ2n) is 4.09. The molecule has 2 N–H and O–H groups in total. The van der Waals surface area contributed by atoms with Gasteiger partial charge in [0.1, 0.15) is 5.75 Å². The van der Waals surface area contributed by atoms with E-state index in [-0.39, 0.29) is 18.7 Å². The van der Waals surface area contributed by atoms with Crippen LogP contribution in [0, 0.1) is 0 Å². The molecule has 1 aliphatic heterocycles. The molecule has 0 aromatic heterocycles. The summed E-state index contributed by atoms with van der Waals surface area (Å²) in [5.41, 5.74) is 1.12. The zero-order valence-corrected chi connectivity index (χ0v) is 10.5. The number of anilines is 1. The molecule has 0 radical (unpaired) electrons. The molecule has 0 aliphatic carbocycles. The number of carbonyl (C=O) groups is 2. The summed E-state index contributed by atoms with van der Waals surface area (Å²) in [6.07, 6.45) is -0.00682. The van der Waals surface area contributed by atoms with E-state index < -0.39 is 11.9 Å². The number of aliphatic carboxylic acids is 1. The number of methoxy groups -OCH3 is 1. The minimum Gasteiger partial charge on any atom is -0.496 e. The highest BCUT2D eigenvalue weighted by atomic mass is 35.5. The first-order chi connectivity index (χ1) is 8.52. The van der Waals surface area contributed by atoms with Crippen LogP contribution < -0.4 is 10.1 Å². The van der Waals surface area contributed by atoms with E-state index in [1.54, 1.807) is 12.1 Å². The standard InChI is InChI=1S/C12H12ClNO4/c1-18-8-3-2-7(13)12-11(8)6(5-10(16)17)4-9(15)14-12/h2-3,6H,4-5H2,1H3,(H,14,15)(H,16,17). The summed E-state index contributed by atoms with van der Waals surface area (Å²) >= 11 is 6.02. The van der Waals surface area contributed by atoms with Crippen LogP contribution in [0.2, 0.25) is 5.02 Å². The molecule has 6 heteroatoms. The SMILES string of the molecule is COc1ccc(Cl)c2c1C(CC(=O)O)CC(=O)N2. The third-order valence-electron chi connectivity index (χ3n) is 2.90. The molecule has 96 valence electrons. The van der Waals surface area contributed by atoms with E-state index >= 15 is 0 Å². The van der Waals surface area contributed by atoms with Crippen LogP contribution in [0.1, 0.15) is 24.3 Å². The monoisotopic (exact) mass is 269 g/mol. The van der Waals surface area contributed by atoms with Gasteiger partial charge < -0.3 is 15.2 Å². The van der Waals surface area contributed by atoms with Crippen LogP contribution in [0.3, 0.4) is 0 Å². The molecular weight excluding hydrogens is 258 g/mol. The van der Waals surface area contributed by atoms with Gasteiger partial charge in [0.15, 0.2) is 0 Å². The Kier molecular flexibility index (Phi) is 3.43. The maximum absolute atomic E-state index is 11.6. The predicted molar refractivity (Wildman–Crippen MR) is 66.2 cm³/mol. The minimum atomic E-state index is -0.956. The molecule has 1 heterocycles. The van der Waals surface area contributed by atoms with Crippen LogP contribution in [-0.4, -0.2) is 24.1 Å². The highest BCUT2D eigenvalue weighted by Gasteiger charge is 2.31. The lowest BCUT2D eigenvalue weighted by molar-refractivity contribution is -0.137. The quantitative estimate of drug-likeness (QED) is 0.882. The van der Waals surface area contributed by atoms with E-state index in [9.17, 15) is 9.59 Å². The number of halogens is 1. The molecule has 1 amide bonds. The number of carbonyl (C=O) groups excluding carboxylic acids is 1. The van der Waals surface area contributed by atoms with Gasteiger partial charge in [0.05, 0.1) is 24.2 Å². The molecule has 1 aromatic rings. The number of carboxylic acids is 1. The Balaban J connectivity index is 2.54. The first kappa shape index (κ1) is 12.7. The molecule has 1 unspecified atom stereocenters. The maximum atomic E-state index is 11.6. The first-order valence-electron chi connectivity index (χ1n) is 5.41. The number of carboxylic acid groups (broad SMARTS) is 1. The van der Waals surface area contributed by atoms with Gasteiger partial charge in [-0.3, -0.25) is 9.59 Å². The normalized spacial score (nSPS) is 17.9. The summed E-state index contributed by atoms with van der Waals surface area (Å²) in [7, 11) is 1.50. The average Bonchev–Trinajstić information content (AvgIpc) is 2.29. The third-order valence-corrected chi connectivity index (χ3v) is 3.22. The fourth-order valence-corrected chi connectivity index (χ4v) is 2.40. The molecule has 18 heavy (non-hydrogen) atoms. The molecule has 0 fully saturated rings. The molecule has 1 aromatic carbocycles. The van der Waals surface area contributed by atoms with Crippen molar-refractivity contribution in [2.24, 2.45) is 0 Å². The molecule has 0 saturated carbocycles. The van der Waals surface area contributed by atoms with Gasteiger partial charge in [-0.1, -0.05) is 11.6 Å². The minimum absolute atomic E-state index is 0.121. The van der Waals surface area contributed by atoms with Crippen LogP contribution >= 0.6 is 11.6 Å². The number of fused-ring (bicyclic) bond motifs is 1. The summed E-state index contributed by atoms with van der Waals surface area (Å²) in [5.74, 6) is -1.06. The molecule has 0 bridgehead atoms. The van der Waals surface area contributed by atoms with Crippen LogP contribution in [0.15, 0.2) is 12.1 Å². The zero-order chi connectivity index (χ0) is 13.3. The van der Waals surface area contributed by atoms with Gasteiger partial charge in [-0.15, -0.1) is 0 Å². The second kappa shape index (κ2) is 4.86. The Bertz CT molecular complexity index is 515. The summed E-state index contributed by atoms with van der Waals surface area (Å²) in [6.45, 7) is 0. The highest BCUT2D eigenvalue weighted by Crippen LogP contribution is 2.44. The number of hydrogen-bond acceptors (Lipinski definition) is 3. The van der Waals surface area contributed by atoms with Crippen molar-refractivity contribution in [2.75, 3.05) is 12.4 Å². The Morgan fingerprint density at radius 3 is 2.94 bits per heavy atom. The Morgan fingerprint density at radius 1 is 1.61 bits per heavy atom. The molecule has 0 saturated heterocycles. The largest absolute Gasteiger partial charge is 0.496 e. The summed E-state index contributed by atoms with van der Waals surface area (Å²) in [6, 6.07) is 3.29. The Hall–Kier alpha value is -1.75. The molecular formula is C12H12ClNO4. The molecule has 1 atom stereocenters. The van der Waals surface area contributed by atoms with Crippen LogP contribution in [0.25, 0.3) is 0 Å². The lowest BCUT2D eigenvalue weighted by Gasteiger charge is -2.27. The van der Waals surface area contributed by atoms with Crippen molar-refractivity contribution < 1.29 is 19.4 Å². The van der Waals surface area contributed by atoms with Crippen molar-refractivity contribution in [3.05, 3.63) is 22.7 Å². The Morgan fingerprint density at radius 2 is 2.33 bits per heavy atom. The van der Waals surface area contributed by atoms with Gasteiger partial charge in [0, 0.05) is 17.9 Å². The van der Waals surface area contributed by atoms with Gasteiger partial charge >= 0.3 is 5.97 Å². The lowest BCUT2D eigenvalue weighted by Crippen LogP contribution is -2.25. The van der Waals surface area contributed by atoms with E-state index in [1.165, 1.54) is 7.11 Å². The van der Waals surface area contributed by atoms with E-state index in [4.69, 9.17) is 21.4 Å². The average molecular weight is 270 g/mol. The van der Waals surface area contributed by atoms with Crippen LogP contribution in [0.5, 0.6) is 5.75 Å². The van der Waals surface area contributed by atoms with Gasteiger partial charge in [-0.25, -0.2) is 0 Å². The number of rotatable bonds is 3. The zero-order valence-electron chi connectivity index (χ0n) is 9.70. The summed E-state index contributed by atoms with van der Waals surface area (Å²) in [4.78, 5) is 22.4. The number of ether oxygens (including phenoxy) is 1. The van der Waals surface area contributed by atoms with Crippen LogP contribution in [0.4, 0.5) is 5.69 Å².